The quantitative estimate of drug-likeness (QED) is 0.309. The van der Waals surface area contributed by atoms with E-state index in [2.05, 4.69) is 15.4 Å². The van der Waals surface area contributed by atoms with Crippen molar-refractivity contribution in [3.63, 3.8) is 0 Å². The Hall–Kier alpha value is -2.41. The Kier molecular flexibility index (Phi) is 9.49. The highest BCUT2D eigenvalue weighted by molar-refractivity contribution is 14.0. The fraction of sp³-hybridized carbons (Fsp3) is 0.450. The van der Waals surface area contributed by atoms with E-state index >= 15 is 0 Å². The summed E-state index contributed by atoms with van der Waals surface area (Å²) in [7, 11) is 1.81. The van der Waals surface area contributed by atoms with Gasteiger partial charge in [-0.25, -0.2) is 4.39 Å². The maximum Gasteiger partial charge on any atom is 0.246 e. The van der Waals surface area contributed by atoms with Crippen molar-refractivity contribution in [3.05, 3.63) is 42.5 Å². The van der Waals surface area contributed by atoms with Gasteiger partial charge >= 0.3 is 0 Å². The van der Waals surface area contributed by atoms with Crippen molar-refractivity contribution >= 4 is 41.5 Å². The van der Waals surface area contributed by atoms with Gasteiger partial charge in [-0.3, -0.25) is 14.5 Å². The number of nitrogens with one attached hydrogen (secondary N) is 1. The summed E-state index contributed by atoms with van der Waals surface area (Å²) in [6, 6.07) is 5.60. The largest absolute Gasteiger partial charge is 0.491 e. The molecule has 0 aliphatic carbocycles. The number of aryl methyl sites for hydroxylation is 1. The summed E-state index contributed by atoms with van der Waals surface area (Å²) in [5.74, 6) is 0.655. The van der Waals surface area contributed by atoms with E-state index < -0.39 is 6.10 Å². The van der Waals surface area contributed by atoms with Gasteiger partial charge in [-0.2, -0.15) is 5.10 Å². The monoisotopic (exact) mass is 546 g/mol. The predicted molar refractivity (Wildman–Crippen MR) is 126 cm³/mol. The number of guanidine groups is 1. The normalized spacial score (nSPS) is 15.5. The summed E-state index contributed by atoms with van der Waals surface area (Å²) >= 11 is 0. The minimum atomic E-state index is -0.837. The Bertz CT molecular complexity index is 876. The topological polar surface area (TPSA) is 95.2 Å². The van der Waals surface area contributed by atoms with E-state index in [4.69, 9.17) is 4.74 Å². The molecule has 11 heteroatoms. The molecule has 0 bridgehead atoms. The number of hydrogen-bond acceptors (Lipinski definition) is 5. The summed E-state index contributed by atoms with van der Waals surface area (Å²) in [4.78, 5) is 20.6. The van der Waals surface area contributed by atoms with Crippen molar-refractivity contribution in [2.45, 2.75) is 13.0 Å². The van der Waals surface area contributed by atoms with Gasteiger partial charge in [0.2, 0.25) is 5.91 Å². The molecule has 1 aromatic carbocycles. The molecule has 1 aliphatic rings. The van der Waals surface area contributed by atoms with Crippen LogP contribution in [0.1, 0.15) is 6.92 Å². The van der Waals surface area contributed by atoms with Crippen molar-refractivity contribution in [1.29, 1.82) is 0 Å². The second-order valence-corrected chi connectivity index (χ2v) is 6.95. The molecule has 1 amide bonds. The molecule has 1 saturated heterocycles. The van der Waals surface area contributed by atoms with Crippen molar-refractivity contribution in [2.24, 2.45) is 12.0 Å². The van der Waals surface area contributed by atoms with E-state index in [1.807, 2.05) is 25.1 Å². The fourth-order valence-corrected chi connectivity index (χ4v) is 3.07. The number of aliphatic hydroxyl groups is 1. The number of aliphatic hydroxyl groups excluding tert-OH is 1. The lowest BCUT2D eigenvalue weighted by atomic mass is 10.3. The van der Waals surface area contributed by atoms with Crippen LogP contribution in [0.2, 0.25) is 0 Å². The molecule has 1 fully saturated rings. The standard InChI is InChI=1S/C20H27FN6O3.HI/c1-3-22-20(23-11-17(28)14-30-18-6-4-15(21)5-7-18)26-8-9-27(19(29)13-26)16-10-24-25(2)12-16;/h4-7,10,12,17,28H,3,8-9,11,13-14H2,1-2H3,(H,22,23);1H. The number of anilines is 1. The van der Waals surface area contributed by atoms with Crippen LogP contribution < -0.4 is 15.0 Å². The molecular weight excluding hydrogens is 518 g/mol. The van der Waals surface area contributed by atoms with Crippen molar-refractivity contribution in [3.8, 4) is 5.75 Å². The molecule has 170 valence electrons. The molecular formula is C20H28FIN6O3. The number of hydrogen-bond donors (Lipinski definition) is 2. The molecule has 2 aromatic rings. The first-order chi connectivity index (χ1) is 14.5. The van der Waals surface area contributed by atoms with Crippen molar-refractivity contribution in [2.75, 3.05) is 44.2 Å². The molecule has 1 unspecified atom stereocenters. The Balaban J connectivity index is 0.00000341. The van der Waals surface area contributed by atoms with Gasteiger partial charge in [0.1, 0.15) is 30.8 Å². The van der Waals surface area contributed by atoms with E-state index in [-0.39, 0.29) is 55.4 Å². The number of amides is 1. The van der Waals surface area contributed by atoms with E-state index in [0.717, 1.165) is 5.69 Å². The van der Waals surface area contributed by atoms with Gasteiger partial charge in [-0.05, 0) is 31.2 Å². The molecule has 3 rings (SSSR count). The van der Waals surface area contributed by atoms with Gasteiger partial charge in [-0.1, -0.05) is 0 Å². The van der Waals surface area contributed by atoms with Gasteiger partial charge in [0.05, 0.1) is 18.4 Å². The smallest absolute Gasteiger partial charge is 0.246 e. The number of aliphatic imine (C=N–C) groups is 1. The number of benzene rings is 1. The van der Waals surface area contributed by atoms with Gasteiger partial charge in [0.15, 0.2) is 5.96 Å². The Morgan fingerprint density at radius 1 is 1.35 bits per heavy atom. The lowest BCUT2D eigenvalue weighted by Gasteiger charge is -2.35. The van der Waals surface area contributed by atoms with Crippen LogP contribution in [0.4, 0.5) is 10.1 Å². The number of carbonyl (C=O) groups excluding carboxylic acids is 1. The molecule has 1 atom stereocenters. The Morgan fingerprint density at radius 3 is 2.71 bits per heavy atom. The number of piperazine rings is 1. The average molecular weight is 546 g/mol. The summed E-state index contributed by atoms with van der Waals surface area (Å²) in [6.07, 6.45) is 2.64. The van der Waals surface area contributed by atoms with Crippen LogP contribution in [0.15, 0.2) is 41.7 Å². The first-order valence-corrected chi connectivity index (χ1v) is 9.85. The van der Waals surface area contributed by atoms with Crippen molar-refractivity contribution < 1.29 is 19.0 Å². The third kappa shape index (κ3) is 7.06. The average Bonchev–Trinajstić information content (AvgIpc) is 3.16. The summed E-state index contributed by atoms with van der Waals surface area (Å²) in [6.45, 7) is 4.03. The van der Waals surface area contributed by atoms with Crippen LogP contribution in [-0.2, 0) is 11.8 Å². The van der Waals surface area contributed by atoms with E-state index in [0.29, 0.717) is 31.3 Å². The summed E-state index contributed by atoms with van der Waals surface area (Å²) in [5, 5.41) is 17.5. The second-order valence-electron chi connectivity index (χ2n) is 6.95. The Labute approximate surface area is 197 Å². The van der Waals surface area contributed by atoms with Crippen LogP contribution in [0.25, 0.3) is 0 Å². The molecule has 31 heavy (non-hydrogen) atoms. The van der Waals surface area contributed by atoms with Crippen LogP contribution in [-0.4, -0.2) is 77.1 Å². The van der Waals surface area contributed by atoms with E-state index in [1.54, 1.807) is 15.8 Å². The maximum atomic E-state index is 12.9. The molecule has 9 nitrogen and oxygen atoms in total. The number of nitrogens with zero attached hydrogens (tertiary/aromatic N) is 5. The zero-order valence-corrected chi connectivity index (χ0v) is 19.9. The third-order valence-electron chi connectivity index (χ3n) is 4.57. The Morgan fingerprint density at radius 2 is 2.10 bits per heavy atom. The fourth-order valence-electron chi connectivity index (χ4n) is 3.07. The van der Waals surface area contributed by atoms with Gasteiger partial charge in [0.25, 0.3) is 0 Å². The number of halogens is 2. The molecule has 1 aromatic heterocycles. The number of aromatic nitrogens is 2. The van der Waals surface area contributed by atoms with Crippen LogP contribution >= 0.6 is 24.0 Å². The molecule has 0 radical (unpaired) electrons. The maximum absolute atomic E-state index is 12.9. The first kappa shape index (κ1) is 24.9. The molecule has 0 spiro atoms. The third-order valence-corrected chi connectivity index (χ3v) is 4.57. The minimum absolute atomic E-state index is 0. The van der Waals surface area contributed by atoms with E-state index in [1.165, 1.54) is 24.3 Å². The SMILES string of the molecule is CCNC(=NCC(O)COc1ccc(F)cc1)N1CCN(c2cnn(C)c2)C(=O)C1.I. The molecule has 1 aliphatic heterocycles. The van der Waals surface area contributed by atoms with Gasteiger partial charge < -0.3 is 25.0 Å². The lowest BCUT2D eigenvalue weighted by molar-refractivity contribution is -0.120. The predicted octanol–water partition coefficient (Wildman–Crippen LogP) is 1.23. The number of rotatable bonds is 7. The number of ether oxygens (including phenoxy) is 1. The summed E-state index contributed by atoms with van der Waals surface area (Å²) in [5.41, 5.74) is 0.775. The lowest BCUT2D eigenvalue weighted by Crippen LogP contribution is -2.55. The van der Waals surface area contributed by atoms with Gasteiger partial charge in [-0.15, -0.1) is 24.0 Å². The zero-order valence-electron chi connectivity index (χ0n) is 17.6. The highest BCUT2D eigenvalue weighted by atomic mass is 127. The van der Waals surface area contributed by atoms with Crippen LogP contribution in [0.5, 0.6) is 5.75 Å². The second kappa shape index (κ2) is 11.8. The minimum Gasteiger partial charge on any atom is -0.491 e. The zero-order chi connectivity index (χ0) is 21.5. The van der Waals surface area contributed by atoms with Crippen LogP contribution in [0, 0.1) is 5.82 Å². The van der Waals surface area contributed by atoms with Crippen LogP contribution in [0.3, 0.4) is 0 Å². The molecule has 2 heterocycles. The first-order valence-electron chi connectivity index (χ1n) is 9.85. The highest BCUT2D eigenvalue weighted by Crippen LogP contribution is 2.16. The number of carbonyl (C=O) groups is 1. The summed E-state index contributed by atoms with van der Waals surface area (Å²) < 4.78 is 20.0. The highest BCUT2D eigenvalue weighted by Gasteiger charge is 2.27. The molecule has 2 N–H and O–H groups in total. The van der Waals surface area contributed by atoms with Gasteiger partial charge in [0, 0.05) is 32.9 Å². The van der Waals surface area contributed by atoms with Crippen molar-refractivity contribution in [1.82, 2.24) is 20.0 Å². The molecule has 0 saturated carbocycles. The van der Waals surface area contributed by atoms with E-state index in [9.17, 15) is 14.3 Å².